The van der Waals surface area contributed by atoms with Gasteiger partial charge in [0.1, 0.15) is 11.6 Å². The van der Waals surface area contributed by atoms with E-state index in [-0.39, 0.29) is 5.69 Å². The van der Waals surface area contributed by atoms with Crippen LogP contribution in [0.1, 0.15) is 9.67 Å². The molecule has 1 amide bonds. The second-order valence-electron chi connectivity index (χ2n) is 3.31. The number of carbonyl (C=O) groups is 1. The molecule has 7 heteroatoms. The maximum Gasteiger partial charge on any atom is 0.265 e. The van der Waals surface area contributed by atoms with Gasteiger partial charge in [0.05, 0.1) is 14.4 Å². The summed E-state index contributed by atoms with van der Waals surface area (Å²) >= 11 is 7.69. The summed E-state index contributed by atoms with van der Waals surface area (Å²) in [6.45, 7) is 0. The Labute approximate surface area is 122 Å². The van der Waals surface area contributed by atoms with Crippen LogP contribution in [0.3, 0.4) is 0 Å². The number of hydrogen-bond acceptors (Lipinski definition) is 2. The Hall–Kier alpha value is -0.790. The predicted molar refractivity (Wildman–Crippen MR) is 74.0 cm³/mol. The van der Waals surface area contributed by atoms with Crippen molar-refractivity contribution < 1.29 is 13.6 Å². The minimum Gasteiger partial charge on any atom is -0.319 e. The third kappa shape index (κ3) is 2.96. The molecule has 0 unspecified atom stereocenters. The largest absolute Gasteiger partial charge is 0.319 e. The van der Waals surface area contributed by atoms with Crippen LogP contribution in [-0.2, 0) is 0 Å². The number of nitrogens with one attached hydrogen (secondary N) is 1. The highest BCUT2D eigenvalue weighted by Gasteiger charge is 2.14. The van der Waals surface area contributed by atoms with Crippen LogP contribution >= 0.6 is 43.2 Å². The van der Waals surface area contributed by atoms with Gasteiger partial charge in [0, 0.05) is 10.5 Å². The summed E-state index contributed by atoms with van der Waals surface area (Å²) in [6.07, 6.45) is 0. The molecule has 0 saturated carbocycles. The first-order valence-electron chi connectivity index (χ1n) is 4.68. The maximum absolute atomic E-state index is 13.3. The molecular formula is C11H5Br2F2NOS. The van der Waals surface area contributed by atoms with Crippen molar-refractivity contribution in [2.75, 3.05) is 5.32 Å². The third-order valence-corrected chi connectivity index (χ3v) is 5.30. The van der Waals surface area contributed by atoms with Crippen LogP contribution < -0.4 is 5.32 Å². The molecule has 0 radical (unpaired) electrons. The second-order valence-corrected chi connectivity index (χ2v) is 6.54. The van der Waals surface area contributed by atoms with E-state index in [2.05, 4.69) is 37.2 Å². The zero-order valence-electron chi connectivity index (χ0n) is 8.64. The molecule has 0 aliphatic rings. The van der Waals surface area contributed by atoms with Gasteiger partial charge in [-0.05, 0) is 50.1 Å². The topological polar surface area (TPSA) is 29.1 Å². The molecule has 0 aliphatic carbocycles. The van der Waals surface area contributed by atoms with Crippen LogP contribution in [0, 0.1) is 11.6 Å². The Balaban J connectivity index is 2.23. The van der Waals surface area contributed by atoms with E-state index in [9.17, 15) is 13.6 Å². The predicted octanol–water partition coefficient (Wildman–Crippen LogP) is 4.80. The second kappa shape index (κ2) is 5.46. The van der Waals surface area contributed by atoms with E-state index in [0.717, 1.165) is 26.5 Å². The van der Waals surface area contributed by atoms with Gasteiger partial charge in [0.15, 0.2) is 0 Å². The van der Waals surface area contributed by atoms with Crippen LogP contribution in [0.4, 0.5) is 14.5 Å². The fraction of sp³-hybridized carbons (Fsp3) is 0. The number of anilines is 1. The number of carbonyl (C=O) groups excluding carboxylic acids is 1. The molecule has 2 rings (SSSR count). The fourth-order valence-electron chi connectivity index (χ4n) is 1.24. The van der Waals surface area contributed by atoms with Gasteiger partial charge in [0.25, 0.3) is 5.91 Å². The summed E-state index contributed by atoms with van der Waals surface area (Å²) in [5.74, 6) is -1.78. The molecule has 0 bridgehead atoms. The minimum atomic E-state index is -0.681. The van der Waals surface area contributed by atoms with Crippen molar-refractivity contribution in [2.45, 2.75) is 0 Å². The van der Waals surface area contributed by atoms with Crippen LogP contribution in [0.25, 0.3) is 0 Å². The Morgan fingerprint density at radius 1 is 1.22 bits per heavy atom. The van der Waals surface area contributed by atoms with Gasteiger partial charge in [-0.2, -0.15) is 0 Å². The van der Waals surface area contributed by atoms with Gasteiger partial charge in [-0.15, -0.1) is 11.3 Å². The smallest absolute Gasteiger partial charge is 0.265 e. The zero-order valence-corrected chi connectivity index (χ0v) is 12.6. The van der Waals surface area contributed by atoms with Gasteiger partial charge in [-0.25, -0.2) is 8.78 Å². The Bertz CT molecular complexity index is 596. The molecule has 0 spiro atoms. The minimum absolute atomic E-state index is 0.180. The van der Waals surface area contributed by atoms with Crippen molar-refractivity contribution >= 4 is 54.8 Å². The lowest BCUT2D eigenvalue weighted by molar-refractivity contribution is 0.103. The molecule has 0 fully saturated rings. The fourth-order valence-corrected chi connectivity index (χ4v) is 3.17. The molecule has 0 aliphatic heterocycles. The van der Waals surface area contributed by atoms with E-state index < -0.39 is 17.5 Å². The molecule has 18 heavy (non-hydrogen) atoms. The lowest BCUT2D eigenvalue weighted by Gasteiger charge is -2.04. The summed E-state index contributed by atoms with van der Waals surface area (Å²) in [5.41, 5.74) is -0.180. The Morgan fingerprint density at radius 3 is 2.56 bits per heavy atom. The molecule has 0 atom stereocenters. The third-order valence-electron chi connectivity index (χ3n) is 2.05. The number of thiophene rings is 1. The Morgan fingerprint density at radius 2 is 1.94 bits per heavy atom. The monoisotopic (exact) mass is 395 g/mol. The number of hydrogen-bond donors (Lipinski definition) is 1. The van der Waals surface area contributed by atoms with Gasteiger partial charge in [-0.1, -0.05) is 0 Å². The molecule has 2 aromatic rings. The first-order chi connectivity index (χ1) is 8.47. The molecule has 1 N–H and O–H groups in total. The summed E-state index contributed by atoms with van der Waals surface area (Å²) in [6, 6.07) is 4.49. The summed E-state index contributed by atoms with van der Waals surface area (Å²) in [5, 5.41) is 2.32. The normalized spacial score (nSPS) is 10.4. The molecule has 1 aromatic heterocycles. The Kier molecular flexibility index (Phi) is 4.14. The molecule has 94 valence electrons. The van der Waals surface area contributed by atoms with E-state index in [4.69, 9.17) is 0 Å². The maximum atomic E-state index is 13.3. The quantitative estimate of drug-likeness (QED) is 0.775. The lowest BCUT2D eigenvalue weighted by atomic mass is 10.3. The number of amides is 1. The highest BCUT2D eigenvalue weighted by molar-refractivity contribution is 9.13. The van der Waals surface area contributed by atoms with Crippen LogP contribution in [0.15, 0.2) is 32.5 Å². The lowest BCUT2D eigenvalue weighted by Crippen LogP contribution is -2.11. The zero-order chi connectivity index (χ0) is 13.3. The van der Waals surface area contributed by atoms with Crippen LogP contribution in [0.2, 0.25) is 0 Å². The van der Waals surface area contributed by atoms with Gasteiger partial charge in [0.2, 0.25) is 0 Å². The number of rotatable bonds is 2. The van der Waals surface area contributed by atoms with E-state index in [1.165, 1.54) is 11.3 Å². The van der Waals surface area contributed by atoms with E-state index in [1.54, 1.807) is 6.07 Å². The summed E-state index contributed by atoms with van der Waals surface area (Å²) in [7, 11) is 0. The molecule has 1 aromatic carbocycles. The molecular weight excluding hydrogens is 392 g/mol. The first kappa shape index (κ1) is 13.6. The van der Waals surface area contributed by atoms with Crippen molar-refractivity contribution in [3.8, 4) is 0 Å². The van der Waals surface area contributed by atoms with Gasteiger partial charge >= 0.3 is 0 Å². The van der Waals surface area contributed by atoms with Crippen molar-refractivity contribution in [3.63, 3.8) is 0 Å². The van der Waals surface area contributed by atoms with E-state index in [1.807, 2.05) is 0 Å². The van der Waals surface area contributed by atoms with E-state index >= 15 is 0 Å². The average Bonchev–Trinajstić information content (AvgIpc) is 2.64. The van der Waals surface area contributed by atoms with Gasteiger partial charge < -0.3 is 5.32 Å². The molecule has 0 saturated heterocycles. The summed E-state index contributed by atoms with van der Waals surface area (Å²) < 4.78 is 27.8. The highest BCUT2D eigenvalue weighted by Crippen LogP contribution is 2.32. The van der Waals surface area contributed by atoms with Gasteiger partial charge in [-0.3, -0.25) is 4.79 Å². The number of benzene rings is 1. The van der Waals surface area contributed by atoms with Crippen LogP contribution in [-0.4, -0.2) is 5.91 Å². The first-order valence-corrected chi connectivity index (χ1v) is 7.09. The highest BCUT2D eigenvalue weighted by atomic mass is 79.9. The summed E-state index contributed by atoms with van der Waals surface area (Å²) in [4.78, 5) is 12.2. The molecule has 2 nitrogen and oxygen atoms in total. The standard InChI is InChI=1S/C11H5Br2F2NOS/c12-6-4-9(18-10(6)13)11(17)16-8-3-5(14)1-2-7(8)15/h1-4H,(H,16,17). The average molecular weight is 397 g/mol. The number of halogens is 4. The van der Waals surface area contributed by atoms with E-state index in [0.29, 0.717) is 4.88 Å². The van der Waals surface area contributed by atoms with Crippen molar-refractivity contribution in [3.05, 3.63) is 49.0 Å². The molecule has 1 heterocycles. The SMILES string of the molecule is O=C(Nc1cc(F)ccc1F)c1cc(Br)c(Br)s1. The van der Waals surface area contributed by atoms with Crippen molar-refractivity contribution in [1.82, 2.24) is 0 Å². The van der Waals surface area contributed by atoms with Crippen molar-refractivity contribution in [2.24, 2.45) is 0 Å². The van der Waals surface area contributed by atoms with Crippen molar-refractivity contribution in [1.29, 1.82) is 0 Å². The van der Waals surface area contributed by atoms with Crippen LogP contribution in [0.5, 0.6) is 0 Å².